The summed E-state index contributed by atoms with van der Waals surface area (Å²) in [6.07, 6.45) is 6.03. The predicted octanol–water partition coefficient (Wildman–Crippen LogP) is 1.18. The molecule has 1 fully saturated rings. The largest absolute Gasteiger partial charge is 0.469 e. The molecule has 0 aromatic rings. The van der Waals surface area contributed by atoms with Gasteiger partial charge >= 0.3 is 5.97 Å². The fraction of sp³-hybridized carbons (Fsp3) is 0.917. The van der Waals surface area contributed by atoms with Crippen molar-refractivity contribution in [3.05, 3.63) is 0 Å². The molecule has 1 aliphatic carbocycles. The lowest BCUT2D eigenvalue weighted by molar-refractivity contribution is -0.140. The Morgan fingerprint density at radius 1 is 1.38 bits per heavy atom. The Balaban J connectivity index is 2.18. The lowest BCUT2D eigenvalue weighted by atomic mass is 9.91. The van der Waals surface area contributed by atoms with Crippen molar-refractivity contribution in [1.29, 1.82) is 0 Å². The minimum Gasteiger partial charge on any atom is -0.469 e. The zero-order valence-corrected chi connectivity index (χ0v) is 10.2. The molecule has 4 nitrogen and oxygen atoms in total. The highest BCUT2D eigenvalue weighted by atomic mass is 16.5. The second kappa shape index (κ2) is 7.63. The molecule has 0 amide bonds. The first-order valence-corrected chi connectivity index (χ1v) is 6.19. The van der Waals surface area contributed by atoms with E-state index in [0.717, 1.165) is 25.9 Å². The third kappa shape index (κ3) is 4.49. The molecule has 0 bridgehead atoms. The Labute approximate surface area is 97.6 Å². The molecule has 1 N–H and O–H groups in total. The van der Waals surface area contributed by atoms with E-state index >= 15 is 0 Å². The van der Waals surface area contributed by atoms with E-state index in [1.807, 2.05) is 0 Å². The Bertz CT molecular complexity index is 204. The van der Waals surface area contributed by atoms with E-state index in [1.54, 1.807) is 0 Å². The van der Waals surface area contributed by atoms with E-state index in [0.29, 0.717) is 12.5 Å². The van der Waals surface area contributed by atoms with Crippen LogP contribution in [0.25, 0.3) is 0 Å². The van der Waals surface area contributed by atoms with Crippen molar-refractivity contribution in [2.75, 3.05) is 26.8 Å². The van der Waals surface area contributed by atoms with Crippen molar-refractivity contribution in [2.24, 2.45) is 0 Å². The summed E-state index contributed by atoms with van der Waals surface area (Å²) in [4.78, 5) is 13.4. The maximum Gasteiger partial charge on any atom is 0.305 e. The summed E-state index contributed by atoms with van der Waals surface area (Å²) in [5.74, 6) is -0.129. The quantitative estimate of drug-likeness (QED) is 0.635. The van der Waals surface area contributed by atoms with Crippen molar-refractivity contribution < 1.29 is 14.6 Å². The lowest BCUT2D eigenvalue weighted by Crippen LogP contribution is -2.41. The molecule has 94 valence electrons. The molecule has 0 heterocycles. The van der Waals surface area contributed by atoms with E-state index in [4.69, 9.17) is 5.11 Å². The van der Waals surface area contributed by atoms with Crippen molar-refractivity contribution in [3.63, 3.8) is 0 Å². The molecular formula is C12H23NO3. The first-order chi connectivity index (χ1) is 7.77. The van der Waals surface area contributed by atoms with Gasteiger partial charge in [-0.3, -0.25) is 4.79 Å². The van der Waals surface area contributed by atoms with Gasteiger partial charge in [0.25, 0.3) is 0 Å². The fourth-order valence-corrected chi connectivity index (χ4v) is 2.03. The van der Waals surface area contributed by atoms with Crippen molar-refractivity contribution >= 4 is 5.97 Å². The monoisotopic (exact) mass is 229 g/mol. The highest BCUT2D eigenvalue weighted by Gasteiger charge is 2.24. The minimum absolute atomic E-state index is 0.129. The molecule has 1 rings (SSSR count). The normalized spacial score (nSPS) is 16.2. The summed E-state index contributed by atoms with van der Waals surface area (Å²) in [5, 5.41) is 8.84. The standard InChI is InChI=1S/C12H23NO3/c1-16-12(15)7-3-8-13(9-4-10-14)11-5-2-6-11/h11,14H,2-10H2,1H3. The van der Waals surface area contributed by atoms with Gasteiger partial charge in [-0.25, -0.2) is 0 Å². The van der Waals surface area contributed by atoms with E-state index in [2.05, 4.69) is 9.64 Å². The van der Waals surface area contributed by atoms with E-state index < -0.39 is 0 Å². The molecule has 4 heteroatoms. The Morgan fingerprint density at radius 3 is 2.56 bits per heavy atom. The van der Waals surface area contributed by atoms with Crippen LogP contribution < -0.4 is 0 Å². The number of hydrogen-bond acceptors (Lipinski definition) is 4. The summed E-state index contributed by atoms with van der Waals surface area (Å²) >= 11 is 0. The summed E-state index contributed by atoms with van der Waals surface area (Å²) in [6, 6.07) is 0.684. The van der Waals surface area contributed by atoms with Crippen molar-refractivity contribution in [3.8, 4) is 0 Å². The van der Waals surface area contributed by atoms with Crippen LogP contribution in [-0.2, 0) is 9.53 Å². The van der Waals surface area contributed by atoms with Crippen LogP contribution in [0.2, 0.25) is 0 Å². The zero-order chi connectivity index (χ0) is 11.8. The number of nitrogens with zero attached hydrogens (tertiary/aromatic N) is 1. The number of esters is 1. The number of carbonyl (C=O) groups excluding carboxylic acids is 1. The number of carbonyl (C=O) groups is 1. The van der Waals surface area contributed by atoms with Crippen LogP contribution in [0, 0.1) is 0 Å². The summed E-state index contributed by atoms with van der Waals surface area (Å²) < 4.78 is 4.62. The summed E-state index contributed by atoms with van der Waals surface area (Å²) in [6.45, 7) is 2.14. The van der Waals surface area contributed by atoms with Crippen LogP contribution in [0.4, 0.5) is 0 Å². The molecule has 0 atom stereocenters. The molecule has 0 radical (unpaired) electrons. The number of methoxy groups -OCH3 is 1. The van der Waals surface area contributed by atoms with Gasteiger partial charge in [-0.1, -0.05) is 6.42 Å². The second-order valence-electron chi connectivity index (χ2n) is 4.38. The Morgan fingerprint density at radius 2 is 2.06 bits per heavy atom. The minimum atomic E-state index is -0.129. The van der Waals surface area contributed by atoms with Gasteiger partial charge in [0.15, 0.2) is 0 Å². The highest BCUT2D eigenvalue weighted by molar-refractivity contribution is 5.69. The van der Waals surface area contributed by atoms with Crippen molar-refractivity contribution in [1.82, 2.24) is 4.90 Å². The van der Waals surface area contributed by atoms with Crippen LogP contribution in [0.1, 0.15) is 38.5 Å². The molecule has 0 spiro atoms. The smallest absolute Gasteiger partial charge is 0.305 e. The fourth-order valence-electron chi connectivity index (χ4n) is 2.03. The zero-order valence-electron chi connectivity index (χ0n) is 10.2. The van der Waals surface area contributed by atoms with Gasteiger partial charge < -0.3 is 14.7 Å². The lowest BCUT2D eigenvalue weighted by Gasteiger charge is -2.37. The van der Waals surface area contributed by atoms with Crippen LogP contribution in [0.3, 0.4) is 0 Å². The topological polar surface area (TPSA) is 49.8 Å². The molecule has 16 heavy (non-hydrogen) atoms. The van der Waals surface area contributed by atoms with Gasteiger partial charge in [0.1, 0.15) is 0 Å². The third-order valence-corrected chi connectivity index (χ3v) is 3.25. The molecule has 0 unspecified atom stereocenters. The summed E-state index contributed by atoms with van der Waals surface area (Å²) in [7, 11) is 1.43. The number of rotatable bonds is 8. The summed E-state index contributed by atoms with van der Waals surface area (Å²) in [5.41, 5.74) is 0. The van der Waals surface area contributed by atoms with Gasteiger partial charge in [-0.15, -0.1) is 0 Å². The number of ether oxygens (including phenoxy) is 1. The Kier molecular flexibility index (Phi) is 6.42. The van der Waals surface area contributed by atoms with E-state index in [1.165, 1.54) is 26.4 Å². The first kappa shape index (κ1) is 13.5. The van der Waals surface area contributed by atoms with Crippen LogP contribution >= 0.6 is 0 Å². The van der Waals surface area contributed by atoms with Crippen LogP contribution in [0.15, 0.2) is 0 Å². The maximum absolute atomic E-state index is 11.0. The van der Waals surface area contributed by atoms with Crippen LogP contribution in [0.5, 0.6) is 0 Å². The van der Waals surface area contributed by atoms with Crippen molar-refractivity contribution in [2.45, 2.75) is 44.6 Å². The third-order valence-electron chi connectivity index (χ3n) is 3.25. The predicted molar refractivity (Wildman–Crippen MR) is 62.2 cm³/mol. The number of aliphatic hydroxyl groups excluding tert-OH is 1. The van der Waals surface area contributed by atoms with Gasteiger partial charge in [0, 0.05) is 25.6 Å². The van der Waals surface area contributed by atoms with E-state index in [-0.39, 0.29) is 12.6 Å². The molecule has 0 saturated heterocycles. The number of aliphatic hydroxyl groups is 1. The molecule has 1 aliphatic rings. The van der Waals surface area contributed by atoms with Gasteiger partial charge in [-0.05, 0) is 32.2 Å². The second-order valence-corrected chi connectivity index (χ2v) is 4.38. The Hall–Kier alpha value is -0.610. The molecular weight excluding hydrogens is 206 g/mol. The number of hydrogen-bond donors (Lipinski definition) is 1. The molecule has 0 aliphatic heterocycles. The first-order valence-electron chi connectivity index (χ1n) is 6.19. The maximum atomic E-state index is 11.0. The highest BCUT2D eigenvalue weighted by Crippen LogP contribution is 2.25. The average molecular weight is 229 g/mol. The average Bonchev–Trinajstić information content (AvgIpc) is 2.22. The molecule has 1 saturated carbocycles. The van der Waals surface area contributed by atoms with E-state index in [9.17, 15) is 4.79 Å². The van der Waals surface area contributed by atoms with Gasteiger partial charge in [-0.2, -0.15) is 0 Å². The SMILES string of the molecule is COC(=O)CCCN(CCCO)C1CCC1. The van der Waals surface area contributed by atoms with Crippen LogP contribution in [-0.4, -0.2) is 48.8 Å². The van der Waals surface area contributed by atoms with Gasteiger partial charge in [0.2, 0.25) is 0 Å². The molecule has 0 aromatic heterocycles. The molecule has 0 aromatic carbocycles. The van der Waals surface area contributed by atoms with Gasteiger partial charge in [0.05, 0.1) is 7.11 Å².